The molecule has 0 aliphatic heterocycles. The molecule has 1 unspecified atom stereocenters. The molecule has 414 valence electrons. The fraction of sp³-hybridized carbons (Fsp3) is 0.217. The van der Waals surface area contributed by atoms with Crippen molar-refractivity contribution in [3.8, 4) is 0 Å². The minimum absolute atomic E-state index is 0.0980. The van der Waals surface area contributed by atoms with E-state index in [1.165, 1.54) is 50.1 Å². The van der Waals surface area contributed by atoms with Crippen LogP contribution >= 0.6 is 0 Å². The number of hydrogen-bond donors (Lipinski definition) is 3. The lowest BCUT2D eigenvalue weighted by Crippen LogP contribution is -2.12. The first-order valence-electron chi connectivity index (χ1n) is 27.1. The SMILES string of the molecule is Cc1ccc(C(C/C(=N/O)c2ccncc2)c2ccc(N(C)C)cc2)cc1.Cc1ccc([C@@H](C/C(=N\O)c2ccncc2)c2ccc(N(C)C)cc2)cc1.Cc1ccc([C@H](C/C(=N\O)c2ccncc2)c2ccc(N(C)C)cc2)cc1. The Kier molecular flexibility index (Phi) is 21.6. The van der Waals surface area contributed by atoms with Gasteiger partial charge in [0.2, 0.25) is 0 Å². The fourth-order valence-corrected chi connectivity index (χ4v) is 9.56. The van der Waals surface area contributed by atoms with Gasteiger partial charge in [-0.1, -0.05) is 141 Å². The molecular weight excluding hydrogens is 1000 g/mol. The van der Waals surface area contributed by atoms with Crippen LogP contribution in [0.5, 0.6) is 0 Å². The highest BCUT2D eigenvalue weighted by atomic mass is 16.4. The smallest absolute Gasteiger partial charge is 0.0878 e. The molecule has 12 heteroatoms. The summed E-state index contributed by atoms with van der Waals surface area (Å²) in [7, 11) is 12.2. The highest BCUT2D eigenvalue weighted by Crippen LogP contribution is 2.34. The Bertz CT molecular complexity index is 3020. The van der Waals surface area contributed by atoms with Gasteiger partial charge in [-0.05, 0) is 127 Å². The maximum Gasteiger partial charge on any atom is 0.0878 e. The van der Waals surface area contributed by atoms with Gasteiger partial charge < -0.3 is 30.3 Å². The third-order valence-corrected chi connectivity index (χ3v) is 14.5. The molecule has 3 atom stereocenters. The second kappa shape index (κ2) is 29.5. The number of aryl methyl sites for hydroxylation is 3. The first-order chi connectivity index (χ1) is 39.2. The Morgan fingerprint density at radius 3 is 0.667 bits per heavy atom. The second-order valence-corrected chi connectivity index (χ2v) is 20.8. The molecule has 0 radical (unpaired) electrons. The molecule has 3 heterocycles. The van der Waals surface area contributed by atoms with Crippen LogP contribution in [0, 0.1) is 20.8 Å². The number of hydrogen-bond acceptors (Lipinski definition) is 12. The van der Waals surface area contributed by atoms with E-state index in [0.29, 0.717) is 36.4 Å². The molecule has 0 saturated heterocycles. The number of oxime groups is 3. The zero-order chi connectivity index (χ0) is 57.7. The quantitative estimate of drug-likeness (QED) is 0.0434. The number of anilines is 3. The number of nitrogens with zero attached hydrogens (tertiary/aromatic N) is 9. The van der Waals surface area contributed by atoms with Crippen LogP contribution in [0.4, 0.5) is 17.1 Å². The van der Waals surface area contributed by atoms with Gasteiger partial charge in [-0.2, -0.15) is 0 Å². The van der Waals surface area contributed by atoms with Crippen molar-refractivity contribution in [1.82, 2.24) is 15.0 Å². The molecule has 9 aromatic rings. The third kappa shape index (κ3) is 16.8. The van der Waals surface area contributed by atoms with Gasteiger partial charge in [-0.25, -0.2) is 0 Å². The normalized spacial score (nSPS) is 12.6. The molecule has 0 bridgehead atoms. The van der Waals surface area contributed by atoms with E-state index in [-0.39, 0.29) is 17.8 Å². The number of rotatable bonds is 18. The Balaban J connectivity index is 0.000000175. The first-order valence-corrected chi connectivity index (χ1v) is 27.1. The summed E-state index contributed by atoms with van der Waals surface area (Å²) in [5.74, 6) is 0.294. The predicted molar refractivity (Wildman–Crippen MR) is 333 cm³/mol. The Labute approximate surface area is 478 Å². The zero-order valence-electron chi connectivity index (χ0n) is 48.0. The molecule has 9 rings (SSSR count). The Hall–Kier alpha value is -9.42. The van der Waals surface area contributed by atoms with Crippen LogP contribution in [-0.4, -0.2) is 90.0 Å². The first kappa shape index (κ1) is 59.2. The van der Waals surface area contributed by atoms with Crippen molar-refractivity contribution in [2.45, 2.75) is 57.8 Å². The maximum atomic E-state index is 9.64. The summed E-state index contributed by atoms with van der Waals surface area (Å²) >= 11 is 0. The van der Waals surface area contributed by atoms with Crippen molar-refractivity contribution in [2.24, 2.45) is 15.5 Å². The van der Waals surface area contributed by atoms with E-state index in [2.05, 4.69) is 211 Å². The average molecular weight is 1080 g/mol. The molecule has 3 N–H and O–H groups in total. The van der Waals surface area contributed by atoms with Gasteiger partial charge in [0, 0.05) is 150 Å². The van der Waals surface area contributed by atoms with Crippen LogP contribution in [0.2, 0.25) is 0 Å². The van der Waals surface area contributed by atoms with Crippen molar-refractivity contribution < 1.29 is 15.6 Å². The topological polar surface area (TPSA) is 146 Å². The van der Waals surface area contributed by atoms with Gasteiger partial charge in [-0.3, -0.25) is 15.0 Å². The minimum atomic E-state index is 0.0980. The van der Waals surface area contributed by atoms with E-state index >= 15 is 0 Å². The van der Waals surface area contributed by atoms with Crippen molar-refractivity contribution in [2.75, 3.05) is 57.0 Å². The van der Waals surface area contributed by atoms with Crippen LogP contribution in [0.1, 0.15) is 104 Å². The predicted octanol–water partition coefficient (Wildman–Crippen LogP) is 14.6. The monoisotopic (exact) mass is 1080 g/mol. The zero-order valence-corrected chi connectivity index (χ0v) is 48.0. The molecule has 0 saturated carbocycles. The summed E-state index contributed by atoms with van der Waals surface area (Å²) in [5, 5.41) is 39.7. The van der Waals surface area contributed by atoms with Gasteiger partial charge in [0.15, 0.2) is 0 Å². The molecule has 0 aliphatic carbocycles. The van der Waals surface area contributed by atoms with Gasteiger partial charge in [-0.15, -0.1) is 0 Å². The summed E-state index contributed by atoms with van der Waals surface area (Å²) in [4.78, 5) is 18.4. The molecule has 0 amide bonds. The molecule has 6 aromatic carbocycles. The van der Waals surface area contributed by atoms with Crippen molar-refractivity contribution >= 4 is 34.2 Å². The van der Waals surface area contributed by atoms with E-state index in [4.69, 9.17) is 0 Å². The van der Waals surface area contributed by atoms with Gasteiger partial charge in [0.05, 0.1) is 17.1 Å². The van der Waals surface area contributed by atoms with E-state index in [0.717, 1.165) is 33.8 Å². The lowest BCUT2D eigenvalue weighted by molar-refractivity contribution is 0.317. The van der Waals surface area contributed by atoms with Crippen LogP contribution in [0.15, 0.2) is 235 Å². The molecule has 0 aliphatic rings. The molecule has 0 fully saturated rings. The number of aromatic nitrogens is 3. The molecule has 0 spiro atoms. The summed E-state index contributed by atoms with van der Waals surface area (Å²) < 4.78 is 0. The maximum absolute atomic E-state index is 9.64. The van der Waals surface area contributed by atoms with Crippen LogP contribution in [0.25, 0.3) is 0 Å². The lowest BCUT2D eigenvalue weighted by atomic mass is 9.85. The lowest BCUT2D eigenvalue weighted by Gasteiger charge is -2.20. The van der Waals surface area contributed by atoms with Gasteiger partial charge in [0.25, 0.3) is 0 Å². The van der Waals surface area contributed by atoms with E-state index < -0.39 is 0 Å². The van der Waals surface area contributed by atoms with Crippen molar-refractivity contribution in [1.29, 1.82) is 0 Å². The Morgan fingerprint density at radius 1 is 0.309 bits per heavy atom. The molecule has 12 nitrogen and oxygen atoms in total. The summed E-state index contributed by atoms with van der Waals surface area (Å²) in [6, 6.07) is 62.6. The highest BCUT2D eigenvalue weighted by Gasteiger charge is 2.22. The van der Waals surface area contributed by atoms with Gasteiger partial charge >= 0.3 is 0 Å². The highest BCUT2D eigenvalue weighted by molar-refractivity contribution is 6.02. The minimum Gasteiger partial charge on any atom is -0.411 e. The van der Waals surface area contributed by atoms with Crippen molar-refractivity contribution in [3.05, 3.63) is 286 Å². The van der Waals surface area contributed by atoms with Gasteiger partial charge in [0.1, 0.15) is 0 Å². The summed E-state index contributed by atoms with van der Waals surface area (Å²) in [6.45, 7) is 6.26. The van der Waals surface area contributed by atoms with Crippen LogP contribution in [-0.2, 0) is 0 Å². The van der Waals surface area contributed by atoms with E-state index in [1.54, 1.807) is 37.2 Å². The number of pyridine rings is 3. The van der Waals surface area contributed by atoms with Crippen molar-refractivity contribution in [3.63, 3.8) is 0 Å². The third-order valence-electron chi connectivity index (χ3n) is 14.5. The fourth-order valence-electron chi connectivity index (χ4n) is 9.56. The van der Waals surface area contributed by atoms with E-state index in [9.17, 15) is 15.6 Å². The van der Waals surface area contributed by atoms with Crippen LogP contribution in [0.3, 0.4) is 0 Å². The second-order valence-electron chi connectivity index (χ2n) is 20.8. The Morgan fingerprint density at radius 2 is 0.494 bits per heavy atom. The summed E-state index contributed by atoms with van der Waals surface area (Å²) in [6.07, 6.45) is 12.1. The number of benzene rings is 6. The summed E-state index contributed by atoms with van der Waals surface area (Å²) in [5.41, 5.74) is 19.0. The standard InChI is InChI=1S/3C23H25N3O/c3*1-17-4-6-18(7-5-17)22(19-8-10-21(11-9-19)26(2)3)16-23(25-27)20-12-14-24-15-13-20/h3*4-15,22,27H,16H2,1-3H3/b2*25-23+;25-23-/t2*22-;/m10./s1. The molecule has 81 heavy (non-hydrogen) atoms. The van der Waals surface area contributed by atoms with E-state index in [1.807, 2.05) is 78.7 Å². The van der Waals surface area contributed by atoms with Crippen LogP contribution < -0.4 is 14.7 Å². The largest absolute Gasteiger partial charge is 0.411 e. The molecule has 3 aromatic heterocycles. The molecular formula is C69H75N9O3. The average Bonchev–Trinajstić information content (AvgIpc) is 3.53.